The number of benzene rings is 2. The van der Waals surface area contributed by atoms with Crippen molar-refractivity contribution in [2.24, 2.45) is 5.10 Å². The van der Waals surface area contributed by atoms with Crippen molar-refractivity contribution in [1.82, 2.24) is 4.83 Å². The number of ether oxygens (including phenoxy) is 1. The van der Waals surface area contributed by atoms with E-state index in [1.54, 1.807) is 24.3 Å². The van der Waals surface area contributed by atoms with Gasteiger partial charge in [0.15, 0.2) is 0 Å². The molecule has 8 heteroatoms. The van der Waals surface area contributed by atoms with Gasteiger partial charge in [0.25, 0.3) is 10.0 Å². The molecule has 0 amide bonds. The van der Waals surface area contributed by atoms with Gasteiger partial charge in [-0.15, -0.1) is 0 Å². The van der Waals surface area contributed by atoms with Crippen LogP contribution < -0.4 is 9.57 Å². The predicted octanol–water partition coefficient (Wildman–Crippen LogP) is 4.48. The first-order valence-corrected chi connectivity index (χ1v) is 9.60. The summed E-state index contributed by atoms with van der Waals surface area (Å²) in [6, 6.07) is 11.2. The van der Waals surface area contributed by atoms with Gasteiger partial charge in [0.1, 0.15) is 11.4 Å². The maximum absolute atomic E-state index is 12.2. The van der Waals surface area contributed by atoms with Gasteiger partial charge < -0.3 is 4.74 Å². The molecule has 0 saturated carbocycles. The largest absolute Gasteiger partial charge is 0.488 e. The highest BCUT2D eigenvalue weighted by atomic mass is 35.5. The number of hydrazone groups is 1. The third kappa shape index (κ3) is 5.92. The van der Waals surface area contributed by atoms with Gasteiger partial charge in [-0.25, -0.2) is 4.83 Å². The summed E-state index contributed by atoms with van der Waals surface area (Å²) >= 11 is 11.6. The first kappa shape index (κ1) is 19.6. The average Bonchev–Trinajstić information content (AvgIpc) is 2.50. The SMILES string of the molecule is CC(C)(C)Oc1ccc(/C=N/NS(=O)(=O)c2ccc(Cl)c(Cl)c2)cc1. The summed E-state index contributed by atoms with van der Waals surface area (Å²) in [6.07, 6.45) is 1.40. The van der Waals surface area contributed by atoms with Gasteiger partial charge in [-0.05, 0) is 68.8 Å². The van der Waals surface area contributed by atoms with Crippen molar-refractivity contribution in [3.05, 3.63) is 58.1 Å². The van der Waals surface area contributed by atoms with Crippen LogP contribution >= 0.6 is 23.2 Å². The molecule has 0 fully saturated rings. The van der Waals surface area contributed by atoms with E-state index in [0.717, 1.165) is 11.3 Å². The Kier molecular flexibility index (Phi) is 5.98. The summed E-state index contributed by atoms with van der Waals surface area (Å²) in [6.45, 7) is 5.88. The van der Waals surface area contributed by atoms with E-state index < -0.39 is 10.0 Å². The second kappa shape index (κ2) is 7.64. The first-order chi connectivity index (χ1) is 11.6. The molecule has 0 radical (unpaired) electrons. The number of sulfonamides is 1. The third-order valence-electron chi connectivity index (χ3n) is 2.89. The topological polar surface area (TPSA) is 67.8 Å². The molecule has 0 aromatic heterocycles. The van der Waals surface area contributed by atoms with Crippen LogP contribution in [0.5, 0.6) is 5.75 Å². The molecular formula is C17H18Cl2N2O3S. The highest BCUT2D eigenvalue weighted by Crippen LogP contribution is 2.24. The van der Waals surface area contributed by atoms with Gasteiger partial charge in [0.05, 0.1) is 21.2 Å². The molecule has 0 aliphatic carbocycles. The van der Waals surface area contributed by atoms with Gasteiger partial charge in [-0.1, -0.05) is 23.2 Å². The number of hydrogen-bond acceptors (Lipinski definition) is 4. The van der Waals surface area contributed by atoms with E-state index in [1.807, 2.05) is 20.8 Å². The second-order valence-corrected chi connectivity index (χ2v) is 8.69. The maximum Gasteiger partial charge on any atom is 0.276 e. The predicted molar refractivity (Wildman–Crippen MR) is 101 cm³/mol. The zero-order valence-corrected chi connectivity index (χ0v) is 16.3. The van der Waals surface area contributed by atoms with Crippen LogP contribution in [0, 0.1) is 0 Å². The minimum atomic E-state index is -3.82. The van der Waals surface area contributed by atoms with E-state index in [-0.39, 0.29) is 20.5 Å². The lowest BCUT2D eigenvalue weighted by molar-refractivity contribution is 0.131. The molecule has 2 aromatic rings. The zero-order chi connectivity index (χ0) is 18.7. The molecule has 0 atom stereocenters. The Morgan fingerprint density at radius 3 is 2.24 bits per heavy atom. The maximum atomic E-state index is 12.2. The lowest BCUT2D eigenvalue weighted by atomic mass is 10.2. The third-order valence-corrected chi connectivity index (χ3v) is 4.85. The van der Waals surface area contributed by atoms with Gasteiger partial charge >= 0.3 is 0 Å². The van der Waals surface area contributed by atoms with Crippen molar-refractivity contribution < 1.29 is 13.2 Å². The monoisotopic (exact) mass is 400 g/mol. The molecule has 0 unspecified atom stereocenters. The van der Waals surface area contributed by atoms with Crippen molar-refractivity contribution in [3.8, 4) is 5.75 Å². The fourth-order valence-electron chi connectivity index (χ4n) is 1.84. The van der Waals surface area contributed by atoms with Crippen LogP contribution in [0.4, 0.5) is 0 Å². The zero-order valence-electron chi connectivity index (χ0n) is 14.0. The van der Waals surface area contributed by atoms with Gasteiger partial charge in [0, 0.05) is 0 Å². The van der Waals surface area contributed by atoms with E-state index in [4.69, 9.17) is 27.9 Å². The Bertz CT molecular complexity index is 874. The van der Waals surface area contributed by atoms with Crippen LogP contribution in [0.3, 0.4) is 0 Å². The molecular weight excluding hydrogens is 383 g/mol. The Morgan fingerprint density at radius 2 is 1.68 bits per heavy atom. The standard InChI is InChI=1S/C17H18Cl2N2O3S/c1-17(2,3)24-13-6-4-12(5-7-13)11-20-21-25(22,23)14-8-9-15(18)16(19)10-14/h4-11,21H,1-3H3/b20-11+. The lowest BCUT2D eigenvalue weighted by Gasteiger charge is -2.21. The summed E-state index contributed by atoms with van der Waals surface area (Å²) in [5.74, 6) is 0.723. The highest BCUT2D eigenvalue weighted by molar-refractivity contribution is 7.89. The van der Waals surface area contributed by atoms with Gasteiger partial charge in [-0.2, -0.15) is 13.5 Å². The molecule has 2 aromatic carbocycles. The second-order valence-electron chi connectivity index (χ2n) is 6.21. The number of nitrogens with one attached hydrogen (secondary N) is 1. The molecule has 1 N–H and O–H groups in total. The summed E-state index contributed by atoms with van der Waals surface area (Å²) in [5.41, 5.74) is 0.434. The number of halogens is 2. The van der Waals surface area contributed by atoms with Crippen LogP contribution in [-0.2, 0) is 10.0 Å². The number of rotatable bonds is 5. The van der Waals surface area contributed by atoms with E-state index in [9.17, 15) is 8.42 Å². The molecule has 134 valence electrons. The van der Waals surface area contributed by atoms with Crippen molar-refractivity contribution in [2.45, 2.75) is 31.3 Å². The molecule has 0 saturated heterocycles. The van der Waals surface area contributed by atoms with Crippen molar-refractivity contribution in [2.75, 3.05) is 0 Å². The quantitative estimate of drug-likeness (QED) is 0.593. The highest BCUT2D eigenvalue weighted by Gasteiger charge is 2.14. The summed E-state index contributed by atoms with van der Waals surface area (Å²) in [4.78, 5) is 2.11. The Hall–Kier alpha value is -1.76. The molecule has 0 aliphatic rings. The molecule has 25 heavy (non-hydrogen) atoms. The number of hydrogen-bond donors (Lipinski definition) is 1. The van der Waals surface area contributed by atoms with Crippen LogP contribution in [0.25, 0.3) is 0 Å². The van der Waals surface area contributed by atoms with E-state index >= 15 is 0 Å². The smallest absolute Gasteiger partial charge is 0.276 e. The van der Waals surface area contributed by atoms with E-state index in [1.165, 1.54) is 24.4 Å². The molecule has 0 spiro atoms. The molecule has 0 aliphatic heterocycles. The Balaban J connectivity index is 2.05. The Morgan fingerprint density at radius 1 is 1.04 bits per heavy atom. The lowest BCUT2D eigenvalue weighted by Crippen LogP contribution is -2.22. The molecule has 0 heterocycles. The van der Waals surface area contributed by atoms with E-state index in [2.05, 4.69) is 9.93 Å². The molecule has 2 rings (SSSR count). The summed E-state index contributed by atoms with van der Waals surface area (Å²) < 4.78 is 30.0. The summed E-state index contributed by atoms with van der Waals surface area (Å²) in [5, 5.41) is 4.20. The summed E-state index contributed by atoms with van der Waals surface area (Å²) in [7, 11) is -3.82. The van der Waals surface area contributed by atoms with Gasteiger partial charge in [0.2, 0.25) is 0 Å². The van der Waals surface area contributed by atoms with Gasteiger partial charge in [-0.3, -0.25) is 0 Å². The van der Waals surface area contributed by atoms with Crippen LogP contribution in [0.2, 0.25) is 10.0 Å². The molecule has 5 nitrogen and oxygen atoms in total. The number of nitrogens with zero attached hydrogens (tertiary/aromatic N) is 1. The van der Waals surface area contributed by atoms with Crippen LogP contribution in [0.15, 0.2) is 52.5 Å². The first-order valence-electron chi connectivity index (χ1n) is 7.36. The van der Waals surface area contributed by atoms with Crippen LogP contribution in [-0.4, -0.2) is 20.2 Å². The van der Waals surface area contributed by atoms with Crippen molar-refractivity contribution in [3.63, 3.8) is 0 Å². The fraction of sp³-hybridized carbons (Fsp3) is 0.235. The van der Waals surface area contributed by atoms with Crippen LogP contribution in [0.1, 0.15) is 26.3 Å². The van der Waals surface area contributed by atoms with E-state index in [0.29, 0.717) is 0 Å². The minimum absolute atomic E-state index is 0.0204. The Labute approximate surface area is 157 Å². The molecule has 0 bridgehead atoms. The average molecular weight is 401 g/mol. The van der Waals surface area contributed by atoms with Crippen molar-refractivity contribution in [1.29, 1.82) is 0 Å². The van der Waals surface area contributed by atoms with Crippen molar-refractivity contribution >= 4 is 39.4 Å². The minimum Gasteiger partial charge on any atom is -0.488 e. The fourth-order valence-corrected chi connectivity index (χ4v) is 3.02. The normalized spacial score (nSPS) is 12.4.